The highest BCUT2D eigenvalue weighted by Crippen LogP contribution is 2.52. The Hall–Kier alpha value is -1.82. The summed E-state index contributed by atoms with van der Waals surface area (Å²) in [5.74, 6) is 3.51. The molecule has 1 saturated carbocycles. The van der Waals surface area contributed by atoms with Gasteiger partial charge in [0.2, 0.25) is 0 Å². The first-order valence-corrected chi connectivity index (χ1v) is 7.67. The van der Waals surface area contributed by atoms with Crippen LogP contribution in [0.15, 0.2) is 78.9 Å². The maximum atomic E-state index is 2.44. The lowest BCUT2D eigenvalue weighted by Crippen LogP contribution is -2.18. The monoisotopic (exact) mass is 260 g/mol. The number of allylic oxidation sites excluding steroid dienone is 8. The van der Waals surface area contributed by atoms with E-state index in [1.165, 1.54) is 12.0 Å². The van der Waals surface area contributed by atoms with Gasteiger partial charge in [0.25, 0.3) is 0 Å². The van der Waals surface area contributed by atoms with E-state index in [0.717, 1.165) is 5.92 Å². The molecule has 0 aromatic heterocycles. The summed E-state index contributed by atoms with van der Waals surface area (Å²) in [7, 11) is 0. The maximum absolute atomic E-state index is 2.44. The van der Waals surface area contributed by atoms with Gasteiger partial charge in [-0.25, -0.2) is 0 Å². The number of benzene rings is 1. The van der Waals surface area contributed by atoms with E-state index in [1.807, 2.05) is 0 Å². The fourth-order valence-corrected chi connectivity index (χ4v) is 4.32. The van der Waals surface area contributed by atoms with Crippen molar-refractivity contribution in [1.82, 2.24) is 0 Å². The highest BCUT2D eigenvalue weighted by atomic mass is 14.5. The molecule has 0 N–H and O–H groups in total. The average Bonchev–Trinajstić information content (AvgIpc) is 2.84. The van der Waals surface area contributed by atoms with Crippen LogP contribution in [0.5, 0.6) is 0 Å². The Morgan fingerprint density at radius 1 is 0.600 bits per heavy atom. The molecule has 0 aliphatic heterocycles. The zero-order valence-electron chi connectivity index (χ0n) is 11.6. The zero-order chi connectivity index (χ0) is 13.4. The van der Waals surface area contributed by atoms with E-state index < -0.39 is 0 Å². The van der Waals surface area contributed by atoms with Crippen molar-refractivity contribution in [2.45, 2.75) is 6.42 Å². The third kappa shape index (κ3) is 1.91. The van der Waals surface area contributed by atoms with Gasteiger partial charge in [-0.1, -0.05) is 78.9 Å². The molecule has 3 aliphatic carbocycles. The van der Waals surface area contributed by atoms with Crippen molar-refractivity contribution in [2.75, 3.05) is 0 Å². The Bertz CT molecular complexity index is 554. The van der Waals surface area contributed by atoms with Crippen LogP contribution in [0.25, 0.3) is 0 Å². The number of hydrogen-bond acceptors (Lipinski definition) is 0. The second-order valence-electron chi connectivity index (χ2n) is 6.20. The Balaban J connectivity index is 1.67. The topological polar surface area (TPSA) is 0 Å². The summed E-state index contributed by atoms with van der Waals surface area (Å²) in [5, 5.41) is 0. The van der Waals surface area contributed by atoms with Crippen LogP contribution in [0.2, 0.25) is 0 Å². The lowest BCUT2D eigenvalue weighted by Gasteiger charge is -2.24. The first-order valence-electron chi connectivity index (χ1n) is 7.67. The lowest BCUT2D eigenvalue weighted by atomic mass is 9.80. The van der Waals surface area contributed by atoms with Crippen molar-refractivity contribution < 1.29 is 0 Å². The van der Waals surface area contributed by atoms with E-state index in [0.29, 0.717) is 23.7 Å². The Morgan fingerprint density at radius 2 is 1.10 bits per heavy atom. The quantitative estimate of drug-likeness (QED) is 0.730. The Labute approximate surface area is 121 Å². The van der Waals surface area contributed by atoms with Gasteiger partial charge in [0, 0.05) is 0 Å². The molecule has 4 atom stereocenters. The largest absolute Gasteiger partial charge is 0.0805 e. The fraction of sp³-hybridized carbons (Fsp3) is 0.300. The molecule has 100 valence electrons. The van der Waals surface area contributed by atoms with Crippen LogP contribution in [-0.4, -0.2) is 0 Å². The van der Waals surface area contributed by atoms with Crippen molar-refractivity contribution in [2.24, 2.45) is 29.6 Å². The van der Waals surface area contributed by atoms with Gasteiger partial charge in [-0.3, -0.25) is 0 Å². The summed E-state index contributed by atoms with van der Waals surface area (Å²) in [5.41, 5.74) is 1.47. The molecule has 3 aliphatic rings. The SMILES string of the molecule is C1=CC2C3C=CC=CC3C(Cc3ccccc3)C2C=C1. The molecule has 0 spiro atoms. The molecule has 4 rings (SSSR count). The summed E-state index contributed by atoms with van der Waals surface area (Å²) in [6, 6.07) is 11.0. The van der Waals surface area contributed by atoms with Crippen molar-refractivity contribution in [1.29, 1.82) is 0 Å². The van der Waals surface area contributed by atoms with Crippen molar-refractivity contribution in [3.63, 3.8) is 0 Å². The molecule has 1 aromatic rings. The summed E-state index contributed by atoms with van der Waals surface area (Å²) in [4.78, 5) is 0. The normalized spacial score (nSPS) is 36.9. The molecule has 1 aromatic carbocycles. The smallest absolute Gasteiger partial charge is 0.00955 e. The first kappa shape index (κ1) is 12.0. The highest BCUT2D eigenvalue weighted by Gasteiger charge is 2.46. The molecule has 0 heterocycles. The van der Waals surface area contributed by atoms with Gasteiger partial charge in [0.1, 0.15) is 0 Å². The van der Waals surface area contributed by atoms with Gasteiger partial charge < -0.3 is 0 Å². The van der Waals surface area contributed by atoms with E-state index in [2.05, 4.69) is 78.9 Å². The molecule has 0 saturated heterocycles. The third-order valence-corrected chi connectivity index (χ3v) is 5.19. The predicted molar refractivity (Wildman–Crippen MR) is 84.2 cm³/mol. The summed E-state index contributed by atoms with van der Waals surface area (Å²) in [6.07, 6.45) is 19.9. The first-order chi connectivity index (χ1) is 9.93. The van der Waals surface area contributed by atoms with Gasteiger partial charge in [0.15, 0.2) is 0 Å². The molecular formula is C20H20. The molecule has 0 radical (unpaired) electrons. The van der Waals surface area contributed by atoms with Crippen molar-refractivity contribution in [3.8, 4) is 0 Å². The zero-order valence-corrected chi connectivity index (χ0v) is 11.6. The highest BCUT2D eigenvalue weighted by molar-refractivity contribution is 5.30. The number of hydrogen-bond donors (Lipinski definition) is 0. The van der Waals surface area contributed by atoms with Crippen LogP contribution in [-0.2, 0) is 6.42 Å². The number of rotatable bonds is 2. The van der Waals surface area contributed by atoms with E-state index in [1.54, 1.807) is 0 Å². The van der Waals surface area contributed by atoms with Gasteiger partial charge in [-0.2, -0.15) is 0 Å². The van der Waals surface area contributed by atoms with Crippen molar-refractivity contribution in [3.05, 3.63) is 84.5 Å². The minimum absolute atomic E-state index is 0.694. The van der Waals surface area contributed by atoms with E-state index in [4.69, 9.17) is 0 Å². The number of fused-ring (bicyclic) bond motifs is 3. The average molecular weight is 260 g/mol. The second kappa shape index (κ2) is 4.94. The van der Waals surface area contributed by atoms with E-state index >= 15 is 0 Å². The molecular weight excluding hydrogens is 240 g/mol. The molecule has 0 nitrogen and oxygen atoms in total. The van der Waals surface area contributed by atoms with Crippen LogP contribution >= 0.6 is 0 Å². The molecule has 4 unspecified atom stereocenters. The molecule has 0 amide bonds. The van der Waals surface area contributed by atoms with Crippen LogP contribution in [0.3, 0.4) is 0 Å². The minimum Gasteiger partial charge on any atom is -0.0805 e. The van der Waals surface area contributed by atoms with Gasteiger partial charge in [0.05, 0.1) is 0 Å². The molecule has 20 heavy (non-hydrogen) atoms. The van der Waals surface area contributed by atoms with E-state index in [-0.39, 0.29) is 0 Å². The standard InChI is InChI=1S/C20H20/c1-2-8-15(9-3-1)14-20-18-12-6-4-10-16(18)17-11-5-7-13-19(17)20/h1-13,16-20H,14H2. The maximum Gasteiger partial charge on any atom is -0.00955 e. The Morgan fingerprint density at radius 3 is 1.65 bits per heavy atom. The summed E-state index contributed by atoms with van der Waals surface area (Å²) in [6.45, 7) is 0. The van der Waals surface area contributed by atoms with Crippen LogP contribution in [0.1, 0.15) is 5.56 Å². The van der Waals surface area contributed by atoms with Crippen LogP contribution in [0.4, 0.5) is 0 Å². The van der Waals surface area contributed by atoms with E-state index in [9.17, 15) is 0 Å². The Kier molecular flexibility index (Phi) is 2.95. The van der Waals surface area contributed by atoms with Crippen molar-refractivity contribution >= 4 is 0 Å². The molecule has 1 fully saturated rings. The minimum atomic E-state index is 0.694. The molecule has 0 bridgehead atoms. The molecule has 0 heteroatoms. The van der Waals surface area contributed by atoms with Crippen LogP contribution < -0.4 is 0 Å². The lowest BCUT2D eigenvalue weighted by molar-refractivity contribution is 0.375. The second-order valence-corrected chi connectivity index (χ2v) is 6.20. The van der Waals surface area contributed by atoms with Gasteiger partial charge in [-0.05, 0) is 41.6 Å². The fourth-order valence-electron chi connectivity index (χ4n) is 4.32. The summed E-state index contributed by atoms with van der Waals surface area (Å²) < 4.78 is 0. The third-order valence-electron chi connectivity index (χ3n) is 5.19. The van der Waals surface area contributed by atoms with Gasteiger partial charge >= 0.3 is 0 Å². The summed E-state index contributed by atoms with van der Waals surface area (Å²) >= 11 is 0. The van der Waals surface area contributed by atoms with Gasteiger partial charge in [-0.15, -0.1) is 0 Å². The predicted octanol–water partition coefficient (Wildman–Crippen LogP) is 4.58. The van der Waals surface area contributed by atoms with Crippen LogP contribution in [0, 0.1) is 29.6 Å².